The number of amides is 2. The van der Waals surface area contributed by atoms with Gasteiger partial charge in [-0.2, -0.15) is 5.10 Å². The molecule has 0 saturated heterocycles. The van der Waals surface area contributed by atoms with E-state index in [0.717, 1.165) is 5.52 Å². The van der Waals surface area contributed by atoms with Crippen molar-refractivity contribution in [2.75, 3.05) is 5.32 Å². The van der Waals surface area contributed by atoms with Gasteiger partial charge in [-0.05, 0) is 25.1 Å². The highest BCUT2D eigenvalue weighted by molar-refractivity contribution is 6.06. The van der Waals surface area contributed by atoms with E-state index in [1.54, 1.807) is 35.7 Å². The van der Waals surface area contributed by atoms with Crippen LogP contribution in [0.5, 0.6) is 0 Å². The van der Waals surface area contributed by atoms with Gasteiger partial charge in [-0.1, -0.05) is 24.3 Å². The van der Waals surface area contributed by atoms with Crippen LogP contribution in [0.15, 0.2) is 48.7 Å². The average Bonchev–Trinajstić information content (AvgIpc) is 3.26. The van der Waals surface area contributed by atoms with Gasteiger partial charge in [0.15, 0.2) is 11.3 Å². The summed E-state index contributed by atoms with van der Waals surface area (Å²) in [7, 11) is 0. The zero-order valence-corrected chi connectivity index (χ0v) is 13.8. The number of nitrogens with zero attached hydrogens (tertiary/aromatic N) is 4. The minimum absolute atomic E-state index is 0.244. The van der Waals surface area contributed by atoms with E-state index < -0.39 is 17.9 Å². The van der Waals surface area contributed by atoms with Crippen molar-refractivity contribution in [2.24, 2.45) is 0 Å². The number of hydrogen-bond acceptors (Lipinski definition) is 5. The number of aromatic nitrogens is 5. The van der Waals surface area contributed by atoms with Crippen LogP contribution in [0.2, 0.25) is 0 Å². The van der Waals surface area contributed by atoms with Crippen LogP contribution in [-0.4, -0.2) is 42.7 Å². The van der Waals surface area contributed by atoms with E-state index in [4.69, 9.17) is 0 Å². The summed E-state index contributed by atoms with van der Waals surface area (Å²) in [5.74, 6) is -0.551. The Morgan fingerprint density at radius 2 is 1.92 bits per heavy atom. The number of carbonyl (C=O) groups excluding carboxylic acids is 2. The molecule has 0 bridgehead atoms. The highest BCUT2D eigenvalue weighted by Crippen LogP contribution is 2.15. The average molecular weight is 349 g/mol. The van der Waals surface area contributed by atoms with E-state index >= 15 is 0 Å². The molecule has 1 unspecified atom stereocenters. The molecule has 0 radical (unpaired) electrons. The number of nitrogens with one attached hydrogen (secondary N) is 3. The van der Waals surface area contributed by atoms with Gasteiger partial charge in [-0.15, -0.1) is 10.2 Å². The lowest BCUT2D eigenvalue weighted by atomic mass is 10.2. The Morgan fingerprint density at radius 3 is 2.81 bits per heavy atom. The number of aromatic amines is 1. The Bertz CT molecular complexity index is 1110. The standard InChI is InChI=1S/C17H15N7O2/c1-10(15(25)19-17-23-21-13-8-4-5-9-24(13)17)18-16(26)14-11-6-2-3-7-12(11)20-22-14/h2-10H,1H3,(H,18,26)(H,20,22)(H,19,23,25). The van der Waals surface area contributed by atoms with Crippen molar-refractivity contribution in [3.05, 3.63) is 54.4 Å². The molecule has 26 heavy (non-hydrogen) atoms. The Kier molecular flexibility index (Phi) is 3.81. The molecule has 3 aromatic heterocycles. The zero-order valence-electron chi connectivity index (χ0n) is 13.8. The molecule has 0 aliphatic rings. The largest absolute Gasteiger partial charge is 0.339 e. The quantitative estimate of drug-likeness (QED) is 0.514. The summed E-state index contributed by atoms with van der Waals surface area (Å²) < 4.78 is 1.65. The lowest BCUT2D eigenvalue weighted by Gasteiger charge is -2.12. The maximum Gasteiger partial charge on any atom is 0.273 e. The molecule has 0 saturated carbocycles. The molecule has 9 nitrogen and oxygen atoms in total. The first-order valence-corrected chi connectivity index (χ1v) is 7.98. The molecule has 0 spiro atoms. The summed E-state index contributed by atoms with van der Waals surface area (Å²) in [5, 5.41) is 20.7. The van der Waals surface area contributed by atoms with Crippen LogP contribution in [0.3, 0.4) is 0 Å². The van der Waals surface area contributed by atoms with Gasteiger partial charge in [-0.25, -0.2) is 0 Å². The normalized spacial score (nSPS) is 12.2. The van der Waals surface area contributed by atoms with Crippen LogP contribution >= 0.6 is 0 Å². The summed E-state index contributed by atoms with van der Waals surface area (Å²) in [6.07, 6.45) is 1.74. The lowest BCUT2D eigenvalue weighted by molar-refractivity contribution is -0.117. The molecular weight excluding hydrogens is 334 g/mol. The van der Waals surface area contributed by atoms with Crippen molar-refractivity contribution in [1.29, 1.82) is 0 Å². The highest BCUT2D eigenvalue weighted by Gasteiger charge is 2.21. The Hall–Kier alpha value is -3.75. The van der Waals surface area contributed by atoms with Gasteiger partial charge in [0.05, 0.1) is 5.52 Å². The first-order valence-electron chi connectivity index (χ1n) is 7.98. The maximum atomic E-state index is 12.4. The van der Waals surface area contributed by atoms with Gasteiger partial charge in [0.2, 0.25) is 11.9 Å². The Labute approximate surface area is 147 Å². The first-order chi connectivity index (χ1) is 12.6. The van der Waals surface area contributed by atoms with Gasteiger partial charge in [0, 0.05) is 11.6 Å². The van der Waals surface area contributed by atoms with E-state index in [0.29, 0.717) is 11.0 Å². The topological polar surface area (TPSA) is 117 Å². The fraction of sp³-hybridized carbons (Fsp3) is 0.118. The molecule has 9 heteroatoms. The van der Waals surface area contributed by atoms with Crippen molar-refractivity contribution in [2.45, 2.75) is 13.0 Å². The number of H-pyrrole nitrogens is 1. The van der Waals surface area contributed by atoms with Crippen molar-refractivity contribution >= 4 is 34.3 Å². The van der Waals surface area contributed by atoms with Gasteiger partial charge in [0.1, 0.15) is 6.04 Å². The van der Waals surface area contributed by atoms with E-state index in [1.807, 2.05) is 24.3 Å². The van der Waals surface area contributed by atoms with Crippen molar-refractivity contribution in [1.82, 2.24) is 30.1 Å². The molecule has 0 aliphatic carbocycles. The number of benzene rings is 1. The van der Waals surface area contributed by atoms with E-state index in [-0.39, 0.29) is 11.6 Å². The molecule has 4 aromatic rings. The van der Waals surface area contributed by atoms with Crippen molar-refractivity contribution < 1.29 is 9.59 Å². The maximum absolute atomic E-state index is 12.4. The van der Waals surface area contributed by atoms with Crippen LogP contribution in [0.1, 0.15) is 17.4 Å². The number of fused-ring (bicyclic) bond motifs is 2. The van der Waals surface area contributed by atoms with Crippen molar-refractivity contribution in [3.63, 3.8) is 0 Å². The van der Waals surface area contributed by atoms with Crippen LogP contribution in [-0.2, 0) is 4.79 Å². The molecule has 3 heterocycles. The molecule has 2 amide bonds. The number of rotatable bonds is 4. The number of para-hydroxylation sites is 1. The number of anilines is 1. The predicted octanol–water partition coefficient (Wildman–Crippen LogP) is 1.36. The minimum Gasteiger partial charge on any atom is -0.339 e. The Balaban J connectivity index is 1.48. The van der Waals surface area contributed by atoms with Crippen LogP contribution in [0.25, 0.3) is 16.6 Å². The summed E-state index contributed by atoms with van der Waals surface area (Å²) >= 11 is 0. The summed E-state index contributed by atoms with van der Waals surface area (Å²) in [6, 6.07) is 11.9. The van der Waals surface area contributed by atoms with Crippen molar-refractivity contribution in [3.8, 4) is 0 Å². The summed E-state index contributed by atoms with van der Waals surface area (Å²) in [6.45, 7) is 1.59. The summed E-state index contributed by atoms with van der Waals surface area (Å²) in [4.78, 5) is 24.8. The second-order valence-electron chi connectivity index (χ2n) is 5.75. The molecule has 130 valence electrons. The van der Waals surface area contributed by atoms with Gasteiger partial charge in [0.25, 0.3) is 5.91 Å². The third kappa shape index (κ3) is 2.75. The first kappa shape index (κ1) is 15.8. The second kappa shape index (κ2) is 6.28. The zero-order chi connectivity index (χ0) is 18.1. The third-order valence-electron chi connectivity index (χ3n) is 3.98. The van der Waals surface area contributed by atoms with Gasteiger partial charge in [-0.3, -0.25) is 24.4 Å². The van der Waals surface area contributed by atoms with Crippen LogP contribution in [0, 0.1) is 0 Å². The summed E-state index contributed by atoms with van der Waals surface area (Å²) in [5.41, 5.74) is 1.61. The minimum atomic E-state index is -0.783. The van der Waals surface area contributed by atoms with Crippen LogP contribution < -0.4 is 10.6 Å². The molecule has 1 atom stereocenters. The third-order valence-corrected chi connectivity index (χ3v) is 3.98. The lowest BCUT2D eigenvalue weighted by Crippen LogP contribution is -2.42. The Morgan fingerprint density at radius 1 is 1.12 bits per heavy atom. The molecule has 0 aliphatic heterocycles. The highest BCUT2D eigenvalue weighted by atomic mass is 16.2. The van der Waals surface area contributed by atoms with Gasteiger partial charge < -0.3 is 5.32 Å². The SMILES string of the molecule is CC(NC(=O)c1n[nH]c2ccccc12)C(=O)Nc1nnc2ccccn12. The smallest absolute Gasteiger partial charge is 0.273 e. The number of carbonyl (C=O) groups is 2. The van der Waals surface area contributed by atoms with Crippen LogP contribution in [0.4, 0.5) is 5.95 Å². The van der Waals surface area contributed by atoms with E-state index in [9.17, 15) is 9.59 Å². The van der Waals surface area contributed by atoms with Gasteiger partial charge >= 0.3 is 0 Å². The number of pyridine rings is 1. The molecule has 3 N–H and O–H groups in total. The number of hydrogen-bond donors (Lipinski definition) is 3. The monoisotopic (exact) mass is 349 g/mol. The molecule has 4 rings (SSSR count). The molecule has 0 fully saturated rings. The fourth-order valence-corrected chi connectivity index (χ4v) is 2.61. The molecular formula is C17H15N7O2. The second-order valence-corrected chi connectivity index (χ2v) is 5.75. The fourth-order valence-electron chi connectivity index (χ4n) is 2.61. The predicted molar refractivity (Wildman–Crippen MR) is 94.6 cm³/mol. The van der Waals surface area contributed by atoms with E-state index in [2.05, 4.69) is 31.0 Å². The van der Waals surface area contributed by atoms with E-state index in [1.165, 1.54) is 0 Å². The molecule has 1 aromatic carbocycles.